The lowest BCUT2D eigenvalue weighted by molar-refractivity contribution is 0.0564. The summed E-state index contributed by atoms with van der Waals surface area (Å²) < 4.78 is 6.66. The maximum absolute atomic E-state index is 9.48. The van der Waals surface area contributed by atoms with Crippen molar-refractivity contribution in [3.05, 3.63) is 11.3 Å². The molecule has 0 aliphatic heterocycles. The van der Waals surface area contributed by atoms with Crippen LogP contribution in [-0.4, -0.2) is 42.4 Å². The van der Waals surface area contributed by atoms with Crippen LogP contribution in [0.4, 0.5) is 0 Å². The Morgan fingerprint density at radius 3 is 1.91 bits per heavy atom. The zero-order valence-corrected chi connectivity index (χ0v) is 23.8. The van der Waals surface area contributed by atoms with Crippen LogP contribution >= 0.6 is 0 Å². The molecule has 0 amide bonds. The number of rotatable bonds is 22. The molecule has 0 heterocycles. The average molecular weight is 492 g/mol. The first-order valence-electron chi connectivity index (χ1n) is 16.0. The lowest BCUT2D eigenvalue weighted by Gasteiger charge is -2.32. The highest BCUT2D eigenvalue weighted by Crippen LogP contribution is 2.36. The Hall–Kier alpha value is -0.540. The van der Waals surface area contributed by atoms with Gasteiger partial charge in [-0.3, -0.25) is 0 Å². The molecule has 2 fully saturated rings. The smallest absolute Gasteiger partial charge is 0.0982 e. The Bertz CT molecular complexity index is 518. The molecular weight excluding hydrogens is 430 g/mol. The Balaban J connectivity index is 1.57. The Kier molecular flexibility index (Phi) is 18.0. The molecule has 0 bridgehead atoms. The van der Waals surface area contributed by atoms with E-state index in [0.717, 1.165) is 32.0 Å². The third kappa shape index (κ3) is 14.1. The molecule has 206 valence electrons. The number of hydrogen-bond acceptors (Lipinski definition) is 3. The number of aliphatic hydroxyl groups is 1. The highest BCUT2D eigenvalue weighted by molar-refractivity contribution is 5.15. The number of ether oxygens (including phenoxy) is 1. The predicted octanol–water partition coefficient (Wildman–Crippen LogP) is 9.19. The summed E-state index contributed by atoms with van der Waals surface area (Å²) in [5.74, 6) is 2.35. The van der Waals surface area contributed by atoms with Crippen LogP contribution in [0.25, 0.3) is 0 Å². The van der Waals surface area contributed by atoms with Crippen LogP contribution < -0.4 is 0 Å². The van der Waals surface area contributed by atoms with Crippen molar-refractivity contribution in [3.63, 3.8) is 0 Å². The largest absolute Gasteiger partial charge is 0.495 e. The normalized spacial score (nSPS) is 20.3. The first kappa shape index (κ1) is 30.7. The maximum atomic E-state index is 9.48. The van der Waals surface area contributed by atoms with Gasteiger partial charge in [0.1, 0.15) is 0 Å². The Morgan fingerprint density at radius 2 is 1.34 bits per heavy atom. The van der Waals surface area contributed by atoms with E-state index in [9.17, 15) is 5.11 Å². The molecule has 0 radical (unpaired) electrons. The molecule has 0 spiro atoms. The van der Waals surface area contributed by atoms with Crippen molar-refractivity contribution in [3.8, 4) is 0 Å². The van der Waals surface area contributed by atoms with E-state index in [1.54, 1.807) is 5.57 Å². The van der Waals surface area contributed by atoms with Gasteiger partial charge in [0, 0.05) is 13.0 Å². The van der Waals surface area contributed by atoms with E-state index in [1.165, 1.54) is 141 Å². The van der Waals surface area contributed by atoms with Gasteiger partial charge in [-0.1, -0.05) is 84.5 Å². The number of allylic oxidation sites excluding steroid dienone is 2. The highest BCUT2D eigenvalue weighted by Gasteiger charge is 2.24. The Morgan fingerprint density at radius 1 is 0.743 bits per heavy atom. The molecule has 2 rings (SSSR count). The summed E-state index contributed by atoms with van der Waals surface area (Å²) in [6, 6.07) is 0. The first-order valence-corrected chi connectivity index (χ1v) is 16.0. The van der Waals surface area contributed by atoms with Gasteiger partial charge in [-0.05, 0) is 88.8 Å². The Labute approximate surface area is 219 Å². The van der Waals surface area contributed by atoms with Gasteiger partial charge in [0.2, 0.25) is 0 Å². The molecule has 0 saturated heterocycles. The summed E-state index contributed by atoms with van der Waals surface area (Å²) in [7, 11) is 0. The quantitative estimate of drug-likeness (QED) is 0.121. The molecule has 0 aromatic rings. The van der Waals surface area contributed by atoms with E-state index in [0.29, 0.717) is 12.7 Å². The van der Waals surface area contributed by atoms with Crippen molar-refractivity contribution in [2.24, 2.45) is 5.92 Å². The molecule has 3 nitrogen and oxygen atoms in total. The molecule has 0 aromatic carbocycles. The van der Waals surface area contributed by atoms with E-state index < -0.39 is 0 Å². The lowest BCUT2D eigenvalue weighted by atomic mass is 9.84. The van der Waals surface area contributed by atoms with Crippen LogP contribution in [0.3, 0.4) is 0 Å². The van der Waals surface area contributed by atoms with E-state index in [4.69, 9.17) is 4.74 Å². The summed E-state index contributed by atoms with van der Waals surface area (Å²) in [6.45, 7) is 8.04. The van der Waals surface area contributed by atoms with Gasteiger partial charge >= 0.3 is 0 Å². The van der Waals surface area contributed by atoms with Crippen LogP contribution in [-0.2, 0) is 4.74 Å². The SMILES string of the molecule is CCCCCCCCCCN(CCO)CCCCCC(OC1CCC(CCCC)CC1)=C1CCC1. The number of unbranched alkanes of at least 4 members (excludes halogenated alkanes) is 10. The van der Waals surface area contributed by atoms with Gasteiger partial charge in [-0.2, -0.15) is 0 Å². The predicted molar refractivity (Wildman–Crippen MR) is 152 cm³/mol. The van der Waals surface area contributed by atoms with Crippen molar-refractivity contribution in [1.29, 1.82) is 0 Å². The van der Waals surface area contributed by atoms with Gasteiger partial charge in [-0.25, -0.2) is 0 Å². The second-order valence-corrected chi connectivity index (χ2v) is 11.6. The van der Waals surface area contributed by atoms with E-state index in [-0.39, 0.29) is 0 Å². The standard InChI is InChI=1S/C32H61NO2/c1-3-5-7-8-9-10-11-14-25-33(27-28-34)26-15-12-13-20-32(30-18-16-19-30)35-31-23-21-29(22-24-31)17-6-4-2/h29,31,34H,3-28H2,1-2H3. The third-order valence-electron chi connectivity index (χ3n) is 8.54. The average Bonchev–Trinajstić information content (AvgIpc) is 2.83. The molecule has 2 saturated carbocycles. The fourth-order valence-corrected chi connectivity index (χ4v) is 5.93. The summed E-state index contributed by atoms with van der Waals surface area (Å²) in [5, 5.41) is 9.48. The minimum Gasteiger partial charge on any atom is -0.495 e. The van der Waals surface area contributed by atoms with E-state index >= 15 is 0 Å². The fourth-order valence-electron chi connectivity index (χ4n) is 5.93. The number of nitrogens with zero attached hydrogens (tertiary/aromatic N) is 1. The van der Waals surface area contributed by atoms with Crippen LogP contribution in [0.2, 0.25) is 0 Å². The molecule has 3 heteroatoms. The van der Waals surface area contributed by atoms with E-state index in [1.807, 2.05) is 0 Å². The highest BCUT2D eigenvalue weighted by atomic mass is 16.5. The minimum atomic E-state index is 0.293. The second kappa shape index (κ2) is 20.5. The summed E-state index contributed by atoms with van der Waals surface area (Å²) in [4.78, 5) is 2.50. The molecule has 1 N–H and O–H groups in total. The molecule has 0 atom stereocenters. The summed E-state index contributed by atoms with van der Waals surface area (Å²) in [5.41, 5.74) is 1.63. The molecular formula is C32H61NO2. The van der Waals surface area contributed by atoms with Crippen LogP contribution in [0.1, 0.15) is 155 Å². The van der Waals surface area contributed by atoms with Crippen LogP contribution in [0.15, 0.2) is 11.3 Å². The van der Waals surface area contributed by atoms with Crippen molar-refractivity contribution in [2.45, 2.75) is 161 Å². The molecule has 0 unspecified atom stereocenters. The van der Waals surface area contributed by atoms with Gasteiger partial charge in [0.25, 0.3) is 0 Å². The van der Waals surface area contributed by atoms with Gasteiger partial charge in [-0.15, -0.1) is 0 Å². The minimum absolute atomic E-state index is 0.293. The van der Waals surface area contributed by atoms with E-state index in [2.05, 4.69) is 18.7 Å². The first-order chi connectivity index (χ1) is 17.3. The van der Waals surface area contributed by atoms with Crippen molar-refractivity contribution in [1.82, 2.24) is 4.90 Å². The van der Waals surface area contributed by atoms with Gasteiger partial charge < -0.3 is 14.7 Å². The van der Waals surface area contributed by atoms with Crippen molar-refractivity contribution in [2.75, 3.05) is 26.2 Å². The monoisotopic (exact) mass is 491 g/mol. The van der Waals surface area contributed by atoms with Gasteiger partial charge in [0.05, 0.1) is 18.5 Å². The summed E-state index contributed by atoms with van der Waals surface area (Å²) in [6.07, 6.45) is 29.8. The molecule has 0 aromatic heterocycles. The van der Waals surface area contributed by atoms with Crippen molar-refractivity contribution < 1.29 is 9.84 Å². The third-order valence-corrected chi connectivity index (χ3v) is 8.54. The summed E-state index contributed by atoms with van der Waals surface area (Å²) >= 11 is 0. The van der Waals surface area contributed by atoms with Crippen molar-refractivity contribution >= 4 is 0 Å². The zero-order chi connectivity index (χ0) is 25.0. The lowest BCUT2D eigenvalue weighted by Crippen LogP contribution is -2.29. The maximum Gasteiger partial charge on any atom is 0.0982 e. The topological polar surface area (TPSA) is 32.7 Å². The van der Waals surface area contributed by atoms with Crippen LogP contribution in [0, 0.1) is 5.92 Å². The number of hydrogen-bond donors (Lipinski definition) is 1. The van der Waals surface area contributed by atoms with Crippen LogP contribution in [0.5, 0.6) is 0 Å². The molecule has 2 aliphatic carbocycles. The zero-order valence-electron chi connectivity index (χ0n) is 23.8. The van der Waals surface area contributed by atoms with Gasteiger partial charge in [0.15, 0.2) is 0 Å². The molecule has 2 aliphatic rings. The molecule has 35 heavy (non-hydrogen) atoms. The second-order valence-electron chi connectivity index (χ2n) is 11.6. The number of aliphatic hydroxyl groups excluding tert-OH is 1. The fraction of sp³-hybridized carbons (Fsp3) is 0.938.